The minimum atomic E-state index is 0.616. The van der Waals surface area contributed by atoms with E-state index in [0.29, 0.717) is 6.04 Å². The highest BCUT2D eigenvalue weighted by molar-refractivity contribution is 5.91. The third kappa shape index (κ3) is 2.43. The number of para-hydroxylation sites is 1. The number of rotatable bonds is 3. The van der Waals surface area contributed by atoms with Gasteiger partial charge in [-0.3, -0.25) is 4.98 Å². The molecule has 3 nitrogen and oxygen atoms in total. The van der Waals surface area contributed by atoms with Gasteiger partial charge in [0.1, 0.15) is 0 Å². The van der Waals surface area contributed by atoms with Gasteiger partial charge in [0.25, 0.3) is 0 Å². The predicted octanol–water partition coefficient (Wildman–Crippen LogP) is 2.73. The molecule has 0 amide bonds. The smallest absolute Gasteiger partial charge is 0.0938 e. The monoisotopic (exact) mass is 255 g/mol. The van der Waals surface area contributed by atoms with Crippen LogP contribution in [0.5, 0.6) is 0 Å². The second kappa shape index (κ2) is 5.17. The Kier molecular flexibility index (Phi) is 3.38. The van der Waals surface area contributed by atoms with Gasteiger partial charge in [0, 0.05) is 30.2 Å². The van der Waals surface area contributed by atoms with E-state index in [0.717, 1.165) is 30.8 Å². The second-order valence-electron chi connectivity index (χ2n) is 5.29. The van der Waals surface area contributed by atoms with Gasteiger partial charge in [-0.2, -0.15) is 0 Å². The van der Waals surface area contributed by atoms with E-state index in [2.05, 4.69) is 54.4 Å². The summed E-state index contributed by atoms with van der Waals surface area (Å²) < 4.78 is 0. The second-order valence-corrected chi connectivity index (χ2v) is 5.29. The highest BCUT2D eigenvalue weighted by atomic mass is 15.2. The van der Waals surface area contributed by atoms with E-state index < -0.39 is 0 Å². The Balaban J connectivity index is 1.95. The van der Waals surface area contributed by atoms with Crippen LogP contribution in [0, 0.1) is 6.92 Å². The number of pyridine rings is 1. The van der Waals surface area contributed by atoms with Gasteiger partial charge in [-0.1, -0.05) is 25.1 Å². The summed E-state index contributed by atoms with van der Waals surface area (Å²) in [6, 6.07) is 11.3. The van der Waals surface area contributed by atoms with E-state index in [9.17, 15) is 0 Å². The van der Waals surface area contributed by atoms with E-state index in [-0.39, 0.29) is 0 Å². The van der Waals surface area contributed by atoms with E-state index in [4.69, 9.17) is 4.98 Å². The molecule has 0 aliphatic carbocycles. The highest BCUT2D eigenvalue weighted by Crippen LogP contribution is 2.28. The fourth-order valence-corrected chi connectivity index (χ4v) is 2.92. The molecule has 1 unspecified atom stereocenters. The van der Waals surface area contributed by atoms with Crippen LogP contribution in [0.25, 0.3) is 10.9 Å². The zero-order valence-corrected chi connectivity index (χ0v) is 11.7. The third-order valence-corrected chi connectivity index (χ3v) is 3.86. The maximum absolute atomic E-state index is 4.73. The maximum atomic E-state index is 4.73. The number of hydrogen-bond donors (Lipinski definition) is 1. The lowest BCUT2D eigenvalue weighted by atomic mass is 10.1. The van der Waals surface area contributed by atoms with Crippen molar-refractivity contribution in [1.29, 1.82) is 0 Å². The van der Waals surface area contributed by atoms with Crippen molar-refractivity contribution in [3.8, 4) is 0 Å². The minimum Gasteiger partial charge on any atom is -0.368 e. The van der Waals surface area contributed by atoms with Crippen molar-refractivity contribution in [2.45, 2.75) is 26.3 Å². The molecule has 3 rings (SSSR count). The highest BCUT2D eigenvalue weighted by Gasteiger charge is 2.23. The number of nitrogens with one attached hydrogen (secondary N) is 1. The lowest BCUT2D eigenvalue weighted by molar-refractivity contribution is 0.572. The third-order valence-electron chi connectivity index (χ3n) is 3.86. The molecule has 1 saturated heterocycles. The molecule has 3 heteroatoms. The molecule has 1 aliphatic heterocycles. The first-order valence-corrected chi connectivity index (χ1v) is 7.12. The van der Waals surface area contributed by atoms with Gasteiger partial charge in [-0.05, 0) is 32.0 Å². The van der Waals surface area contributed by atoms with Gasteiger partial charge in [0.2, 0.25) is 0 Å². The SMILES string of the molecule is CCNC1CCN(c2cccc3ccc(C)nc23)C1. The van der Waals surface area contributed by atoms with Crippen LogP contribution in [-0.4, -0.2) is 30.7 Å². The molecule has 19 heavy (non-hydrogen) atoms. The van der Waals surface area contributed by atoms with Crippen LogP contribution in [0.1, 0.15) is 19.0 Å². The number of likely N-dealkylation sites (N-methyl/N-ethyl adjacent to an activating group) is 1. The van der Waals surface area contributed by atoms with Gasteiger partial charge in [-0.15, -0.1) is 0 Å². The zero-order valence-electron chi connectivity index (χ0n) is 11.7. The summed E-state index contributed by atoms with van der Waals surface area (Å²) in [5.74, 6) is 0. The number of nitrogens with zero attached hydrogens (tertiary/aromatic N) is 2. The normalized spacial score (nSPS) is 19.3. The average Bonchev–Trinajstić information content (AvgIpc) is 2.87. The molecule has 1 aromatic heterocycles. The molecule has 1 aliphatic rings. The van der Waals surface area contributed by atoms with Crippen molar-refractivity contribution < 1.29 is 0 Å². The van der Waals surface area contributed by atoms with Crippen molar-refractivity contribution in [2.75, 3.05) is 24.5 Å². The molecule has 2 aromatic rings. The Labute approximate surface area is 114 Å². The topological polar surface area (TPSA) is 28.2 Å². The number of fused-ring (bicyclic) bond motifs is 1. The Morgan fingerprint density at radius 2 is 2.21 bits per heavy atom. The van der Waals surface area contributed by atoms with Crippen LogP contribution in [-0.2, 0) is 0 Å². The first kappa shape index (κ1) is 12.4. The van der Waals surface area contributed by atoms with Crippen LogP contribution in [0.2, 0.25) is 0 Å². The number of aromatic nitrogens is 1. The van der Waals surface area contributed by atoms with E-state index in [1.165, 1.54) is 17.5 Å². The van der Waals surface area contributed by atoms with Crippen molar-refractivity contribution in [2.24, 2.45) is 0 Å². The first-order valence-electron chi connectivity index (χ1n) is 7.12. The molecule has 1 aromatic carbocycles. The van der Waals surface area contributed by atoms with E-state index in [1.807, 2.05) is 0 Å². The van der Waals surface area contributed by atoms with Crippen LogP contribution >= 0.6 is 0 Å². The van der Waals surface area contributed by atoms with Gasteiger partial charge >= 0.3 is 0 Å². The molecule has 100 valence electrons. The van der Waals surface area contributed by atoms with E-state index >= 15 is 0 Å². The molecule has 2 heterocycles. The number of anilines is 1. The van der Waals surface area contributed by atoms with Gasteiger partial charge in [0.05, 0.1) is 11.2 Å². The Morgan fingerprint density at radius 1 is 1.32 bits per heavy atom. The largest absolute Gasteiger partial charge is 0.368 e. The van der Waals surface area contributed by atoms with Gasteiger partial charge < -0.3 is 10.2 Å². The van der Waals surface area contributed by atoms with Crippen LogP contribution in [0.4, 0.5) is 5.69 Å². The van der Waals surface area contributed by atoms with Crippen molar-refractivity contribution in [1.82, 2.24) is 10.3 Å². The fourth-order valence-electron chi connectivity index (χ4n) is 2.92. The van der Waals surface area contributed by atoms with Crippen LogP contribution < -0.4 is 10.2 Å². The molecule has 0 radical (unpaired) electrons. The van der Waals surface area contributed by atoms with Gasteiger partial charge in [-0.25, -0.2) is 0 Å². The predicted molar refractivity (Wildman–Crippen MR) is 80.8 cm³/mol. The number of benzene rings is 1. The molecule has 0 spiro atoms. The summed E-state index contributed by atoms with van der Waals surface area (Å²) in [5, 5.41) is 4.77. The number of aryl methyl sites for hydroxylation is 1. The van der Waals surface area contributed by atoms with E-state index in [1.54, 1.807) is 0 Å². The standard InChI is InChI=1S/C16H21N3/c1-3-17-14-9-10-19(11-14)15-6-4-5-13-8-7-12(2)18-16(13)15/h4-8,14,17H,3,9-11H2,1-2H3. The molecule has 0 bridgehead atoms. The Hall–Kier alpha value is -1.61. The van der Waals surface area contributed by atoms with Crippen LogP contribution in [0.3, 0.4) is 0 Å². The summed E-state index contributed by atoms with van der Waals surface area (Å²) >= 11 is 0. The molecule has 1 atom stereocenters. The lowest BCUT2D eigenvalue weighted by Gasteiger charge is -2.20. The zero-order chi connectivity index (χ0) is 13.2. The maximum Gasteiger partial charge on any atom is 0.0938 e. The first-order chi connectivity index (χ1) is 9.28. The summed E-state index contributed by atoms with van der Waals surface area (Å²) in [6.45, 7) is 7.48. The minimum absolute atomic E-state index is 0.616. The van der Waals surface area contributed by atoms with Crippen molar-refractivity contribution in [3.05, 3.63) is 36.0 Å². The fraction of sp³-hybridized carbons (Fsp3) is 0.438. The molecule has 0 saturated carbocycles. The molecule has 1 N–H and O–H groups in total. The summed E-state index contributed by atoms with van der Waals surface area (Å²) in [4.78, 5) is 7.19. The number of hydrogen-bond acceptors (Lipinski definition) is 3. The molecular weight excluding hydrogens is 234 g/mol. The summed E-state index contributed by atoms with van der Waals surface area (Å²) in [5.41, 5.74) is 3.50. The van der Waals surface area contributed by atoms with Crippen LogP contribution in [0.15, 0.2) is 30.3 Å². The quantitative estimate of drug-likeness (QED) is 0.914. The average molecular weight is 255 g/mol. The molecule has 1 fully saturated rings. The lowest BCUT2D eigenvalue weighted by Crippen LogP contribution is -2.32. The summed E-state index contributed by atoms with van der Waals surface area (Å²) in [6.07, 6.45) is 1.22. The molecular formula is C16H21N3. The van der Waals surface area contributed by atoms with Crippen molar-refractivity contribution >= 4 is 16.6 Å². The van der Waals surface area contributed by atoms with Crippen molar-refractivity contribution in [3.63, 3.8) is 0 Å². The Bertz CT molecular complexity index is 579. The van der Waals surface area contributed by atoms with Gasteiger partial charge in [0.15, 0.2) is 0 Å². The summed E-state index contributed by atoms with van der Waals surface area (Å²) in [7, 11) is 0. The Morgan fingerprint density at radius 3 is 3.05 bits per heavy atom.